The summed E-state index contributed by atoms with van der Waals surface area (Å²) in [7, 11) is 1.66. The Bertz CT molecular complexity index is 572. The number of nitrogens with zero attached hydrogens (tertiary/aromatic N) is 1. The number of nitrogens with one attached hydrogen (secondary N) is 2. The first-order valence-corrected chi connectivity index (χ1v) is 7.40. The fraction of sp³-hybridized carbons (Fsp3) is 0.353. The van der Waals surface area contributed by atoms with Gasteiger partial charge < -0.3 is 15.2 Å². The molecule has 0 unspecified atom stereocenters. The highest BCUT2D eigenvalue weighted by atomic mass is 16.1. The lowest BCUT2D eigenvalue weighted by Crippen LogP contribution is -2.19. The molecule has 1 amide bonds. The van der Waals surface area contributed by atoms with Crippen molar-refractivity contribution in [1.82, 2.24) is 9.88 Å². The largest absolute Gasteiger partial charge is 0.379 e. The lowest BCUT2D eigenvalue weighted by molar-refractivity contribution is -0.119. The number of hydrogen-bond donors (Lipinski definition) is 2. The van der Waals surface area contributed by atoms with E-state index in [0.717, 1.165) is 30.8 Å². The van der Waals surface area contributed by atoms with Crippen LogP contribution in [-0.2, 0) is 24.3 Å². The average Bonchev–Trinajstić information content (AvgIpc) is 2.94. The maximum atomic E-state index is 11.3. The minimum atomic E-state index is 0.0353. The second-order valence-electron chi connectivity index (χ2n) is 5.09. The van der Waals surface area contributed by atoms with Crippen LogP contribution >= 0.6 is 0 Å². The quantitative estimate of drug-likeness (QED) is 0.821. The molecule has 1 heterocycles. The van der Waals surface area contributed by atoms with Gasteiger partial charge in [0.05, 0.1) is 13.0 Å². The molecule has 2 rings (SSSR count). The summed E-state index contributed by atoms with van der Waals surface area (Å²) in [6, 6.07) is 12.2. The molecule has 0 spiro atoms. The molecular formula is C17H23N3O. The van der Waals surface area contributed by atoms with E-state index < -0.39 is 0 Å². The Kier molecular flexibility index (Phi) is 5.43. The molecule has 4 heteroatoms. The van der Waals surface area contributed by atoms with Crippen LogP contribution in [-0.4, -0.2) is 17.5 Å². The zero-order chi connectivity index (χ0) is 15.1. The number of carbonyl (C=O) groups excluding carboxylic acids is 1. The monoisotopic (exact) mass is 285 g/mol. The summed E-state index contributed by atoms with van der Waals surface area (Å²) < 4.78 is 2.27. The first-order valence-electron chi connectivity index (χ1n) is 7.40. The Morgan fingerprint density at radius 2 is 1.95 bits per heavy atom. The van der Waals surface area contributed by atoms with Crippen molar-refractivity contribution < 1.29 is 4.79 Å². The molecule has 0 aliphatic carbocycles. The molecule has 0 fully saturated rings. The molecule has 0 radical (unpaired) electrons. The summed E-state index contributed by atoms with van der Waals surface area (Å²) in [5.74, 6) is 0.0353. The van der Waals surface area contributed by atoms with E-state index in [9.17, 15) is 4.79 Å². The van der Waals surface area contributed by atoms with Crippen molar-refractivity contribution in [2.75, 3.05) is 12.4 Å². The fourth-order valence-electron chi connectivity index (χ4n) is 2.28. The topological polar surface area (TPSA) is 46.1 Å². The summed E-state index contributed by atoms with van der Waals surface area (Å²) in [6.45, 7) is 4.04. The van der Waals surface area contributed by atoms with E-state index >= 15 is 0 Å². The first-order chi connectivity index (χ1) is 10.2. The van der Waals surface area contributed by atoms with Crippen molar-refractivity contribution in [3.8, 4) is 0 Å². The van der Waals surface area contributed by atoms with Crippen molar-refractivity contribution in [2.24, 2.45) is 0 Å². The van der Waals surface area contributed by atoms with E-state index in [1.807, 2.05) is 24.3 Å². The normalized spacial score (nSPS) is 10.4. The molecule has 0 saturated carbocycles. The smallest absolute Gasteiger partial charge is 0.224 e. The number of hydrogen-bond acceptors (Lipinski definition) is 2. The predicted molar refractivity (Wildman–Crippen MR) is 86.3 cm³/mol. The van der Waals surface area contributed by atoms with Crippen molar-refractivity contribution in [2.45, 2.75) is 32.9 Å². The Hall–Kier alpha value is -2.23. The van der Waals surface area contributed by atoms with E-state index in [1.54, 1.807) is 7.05 Å². The van der Waals surface area contributed by atoms with Crippen LogP contribution in [0.2, 0.25) is 0 Å². The van der Waals surface area contributed by atoms with Crippen LogP contribution in [0.25, 0.3) is 0 Å². The van der Waals surface area contributed by atoms with Gasteiger partial charge in [-0.2, -0.15) is 0 Å². The number of carbonyl (C=O) groups is 1. The zero-order valence-electron chi connectivity index (χ0n) is 12.7. The van der Waals surface area contributed by atoms with E-state index in [0.29, 0.717) is 6.42 Å². The standard InChI is InChI=1S/C17H23N3O/c1-3-10-20-11-4-5-16(20)13-19-15-8-6-14(7-9-15)12-17(21)18-2/h4-9,11,19H,3,10,12-13H2,1-2H3,(H,18,21). The Balaban J connectivity index is 1.91. The number of aromatic nitrogens is 1. The average molecular weight is 285 g/mol. The fourth-order valence-corrected chi connectivity index (χ4v) is 2.28. The van der Waals surface area contributed by atoms with Gasteiger partial charge in [0.2, 0.25) is 5.91 Å². The van der Waals surface area contributed by atoms with Gasteiger partial charge in [-0.1, -0.05) is 19.1 Å². The van der Waals surface area contributed by atoms with Crippen molar-refractivity contribution in [1.29, 1.82) is 0 Å². The van der Waals surface area contributed by atoms with Gasteiger partial charge in [0, 0.05) is 31.2 Å². The lowest BCUT2D eigenvalue weighted by atomic mass is 10.1. The molecule has 4 nitrogen and oxygen atoms in total. The van der Waals surface area contributed by atoms with Gasteiger partial charge in [-0.05, 0) is 36.2 Å². The van der Waals surface area contributed by atoms with Crippen molar-refractivity contribution in [3.05, 3.63) is 53.9 Å². The highest BCUT2D eigenvalue weighted by Crippen LogP contribution is 2.12. The lowest BCUT2D eigenvalue weighted by Gasteiger charge is -2.10. The molecule has 112 valence electrons. The zero-order valence-corrected chi connectivity index (χ0v) is 12.7. The van der Waals surface area contributed by atoms with E-state index in [2.05, 4.69) is 40.5 Å². The first kappa shape index (κ1) is 15.2. The van der Waals surface area contributed by atoms with Gasteiger partial charge in [-0.3, -0.25) is 4.79 Å². The summed E-state index contributed by atoms with van der Waals surface area (Å²) in [5, 5.41) is 6.05. The van der Waals surface area contributed by atoms with Crippen LogP contribution in [0, 0.1) is 0 Å². The molecule has 0 aliphatic rings. The molecule has 1 aromatic carbocycles. The maximum Gasteiger partial charge on any atom is 0.224 e. The molecule has 0 atom stereocenters. The molecule has 1 aromatic heterocycles. The molecule has 2 aromatic rings. The predicted octanol–water partition coefficient (Wildman–Crippen LogP) is 2.80. The third-order valence-corrected chi connectivity index (χ3v) is 3.46. The van der Waals surface area contributed by atoms with Crippen LogP contribution in [0.1, 0.15) is 24.6 Å². The van der Waals surface area contributed by atoms with E-state index in [4.69, 9.17) is 0 Å². The summed E-state index contributed by atoms with van der Waals surface area (Å²) in [6.07, 6.45) is 3.68. The minimum Gasteiger partial charge on any atom is -0.379 e. The summed E-state index contributed by atoms with van der Waals surface area (Å²) in [4.78, 5) is 11.3. The molecule has 21 heavy (non-hydrogen) atoms. The number of aryl methyl sites for hydroxylation is 1. The Morgan fingerprint density at radius 3 is 2.62 bits per heavy atom. The van der Waals surface area contributed by atoms with Gasteiger partial charge >= 0.3 is 0 Å². The third-order valence-electron chi connectivity index (χ3n) is 3.46. The third kappa shape index (κ3) is 4.38. The highest BCUT2D eigenvalue weighted by molar-refractivity contribution is 5.78. The maximum absolute atomic E-state index is 11.3. The molecule has 0 saturated heterocycles. The SMILES string of the molecule is CCCn1cccc1CNc1ccc(CC(=O)NC)cc1. The van der Waals surface area contributed by atoms with Crippen LogP contribution in [0.15, 0.2) is 42.6 Å². The highest BCUT2D eigenvalue weighted by Gasteiger charge is 2.02. The number of rotatable bonds is 7. The summed E-state index contributed by atoms with van der Waals surface area (Å²) in [5.41, 5.74) is 3.38. The minimum absolute atomic E-state index is 0.0353. The molecule has 0 bridgehead atoms. The van der Waals surface area contributed by atoms with Gasteiger partial charge in [0.15, 0.2) is 0 Å². The van der Waals surface area contributed by atoms with Crippen LogP contribution in [0.5, 0.6) is 0 Å². The van der Waals surface area contributed by atoms with Crippen LogP contribution in [0.4, 0.5) is 5.69 Å². The number of likely N-dealkylation sites (N-methyl/N-ethyl adjacent to an activating group) is 1. The number of benzene rings is 1. The van der Waals surface area contributed by atoms with Crippen molar-refractivity contribution >= 4 is 11.6 Å². The Morgan fingerprint density at radius 1 is 1.19 bits per heavy atom. The van der Waals surface area contributed by atoms with Gasteiger partial charge in [-0.25, -0.2) is 0 Å². The van der Waals surface area contributed by atoms with Crippen LogP contribution < -0.4 is 10.6 Å². The Labute approximate surface area is 126 Å². The van der Waals surface area contributed by atoms with Crippen molar-refractivity contribution in [3.63, 3.8) is 0 Å². The summed E-state index contributed by atoms with van der Waals surface area (Å²) >= 11 is 0. The second-order valence-corrected chi connectivity index (χ2v) is 5.09. The number of anilines is 1. The molecule has 0 aliphatic heterocycles. The van der Waals surface area contributed by atoms with Gasteiger partial charge in [-0.15, -0.1) is 0 Å². The number of amides is 1. The van der Waals surface area contributed by atoms with Crippen LogP contribution in [0.3, 0.4) is 0 Å². The van der Waals surface area contributed by atoms with E-state index in [1.165, 1.54) is 5.69 Å². The van der Waals surface area contributed by atoms with Gasteiger partial charge in [0.1, 0.15) is 0 Å². The molecular weight excluding hydrogens is 262 g/mol. The molecule has 2 N–H and O–H groups in total. The van der Waals surface area contributed by atoms with E-state index in [-0.39, 0.29) is 5.91 Å². The van der Waals surface area contributed by atoms with Gasteiger partial charge in [0.25, 0.3) is 0 Å². The second kappa shape index (κ2) is 7.53.